The summed E-state index contributed by atoms with van der Waals surface area (Å²) in [6, 6.07) is 6.45. The van der Waals surface area contributed by atoms with Crippen LogP contribution in [0.4, 0.5) is 4.39 Å². The number of aliphatic carboxylic acids is 1. The zero-order valence-electron chi connectivity index (χ0n) is 15.0. The molecule has 5 nitrogen and oxygen atoms in total. The van der Waals surface area contributed by atoms with Crippen LogP contribution in [0.25, 0.3) is 11.3 Å². The van der Waals surface area contributed by atoms with Gasteiger partial charge in [0.15, 0.2) is 5.16 Å². The predicted octanol–water partition coefficient (Wildman–Crippen LogP) is 5.39. The first-order valence-electron chi connectivity index (χ1n) is 8.20. The van der Waals surface area contributed by atoms with Gasteiger partial charge in [-0.05, 0) is 43.7 Å². The number of carboxylic acids is 1. The third kappa shape index (κ3) is 4.48. The number of hydrogen-bond acceptors (Lipinski definition) is 4. The second kappa shape index (κ2) is 8.11. The zero-order chi connectivity index (χ0) is 20.5. The number of nitrogens with zero attached hydrogens (tertiary/aromatic N) is 3. The van der Waals surface area contributed by atoms with E-state index in [1.165, 1.54) is 12.3 Å². The summed E-state index contributed by atoms with van der Waals surface area (Å²) in [7, 11) is 0. The molecule has 9 heteroatoms. The van der Waals surface area contributed by atoms with Gasteiger partial charge in [-0.3, -0.25) is 9.78 Å². The van der Waals surface area contributed by atoms with Crippen LogP contribution >= 0.6 is 35.0 Å². The van der Waals surface area contributed by atoms with Gasteiger partial charge >= 0.3 is 5.97 Å². The molecule has 0 amide bonds. The number of imidazole rings is 1. The first kappa shape index (κ1) is 20.6. The van der Waals surface area contributed by atoms with Crippen molar-refractivity contribution in [2.24, 2.45) is 0 Å². The molecule has 3 aromatic rings. The first-order chi connectivity index (χ1) is 13.2. The fourth-order valence-electron chi connectivity index (χ4n) is 2.48. The van der Waals surface area contributed by atoms with E-state index in [1.807, 2.05) is 0 Å². The van der Waals surface area contributed by atoms with E-state index in [-0.39, 0.29) is 6.54 Å². The van der Waals surface area contributed by atoms with Crippen LogP contribution in [0.1, 0.15) is 19.4 Å². The third-order valence-electron chi connectivity index (χ3n) is 4.02. The molecule has 0 saturated heterocycles. The van der Waals surface area contributed by atoms with Crippen molar-refractivity contribution >= 4 is 40.9 Å². The molecule has 28 heavy (non-hydrogen) atoms. The minimum atomic E-state index is -1.11. The fourth-order valence-corrected chi connectivity index (χ4v) is 3.78. The van der Waals surface area contributed by atoms with Crippen LogP contribution in [-0.4, -0.2) is 30.4 Å². The Morgan fingerprint density at radius 2 is 2.00 bits per heavy atom. The summed E-state index contributed by atoms with van der Waals surface area (Å²) >= 11 is 13.5. The lowest BCUT2D eigenvalue weighted by molar-refractivity contribution is -0.138. The molecule has 0 atom stereocenters. The van der Waals surface area contributed by atoms with Gasteiger partial charge in [0.2, 0.25) is 0 Å². The molecular weight excluding hydrogens is 424 g/mol. The van der Waals surface area contributed by atoms with Crippen molar-refractivity contribution in [3.8, 4) is 11.3 Å². The molecule has 0 spiro atoms. The molecule has 0 aliphatic carbocycles. The van der Waals surface area contributed by atoms with E-state index in [1.54, 1.807) is 42.8 Å². The van der Waals surface area contributed by atoms with Crippen LogP contribution in [0.5, 0.6) is 0 Å². The molecule has 146 valence electrons. The van der Waals surface area contributed by atoms with Gasteiger partial charge in [0, 0.05) is 21.8 Å². The molecule has 2 aromatic heterocycles. The second-order valence-electron chi connectivity index (χ2n) is 6.56. The normalized spacial score (nSPS) is 11.6. The minimum Gasteiger partial charge on any atom is -0.480 e. The molecular formula is C19H16Cl2FN3O2S. The SMILES string of the molecule is CC(C)(Sc1ncc(-c2cncc(F)c2)n1Cc1cc(Cl)ccc1Cl)C(=O)O. The second-order valence-corrected chi connectivity index (χ2v) is 8.99. The van der Waals surface area contributed by atoms with Crippen LogP contribution in [-0.2, 0) is 11.3 Å². The molecule has 1 aromatic carbocycles. The third-order valence-corrected chi connectivity index (χ3v) is 5.81. The van der Waals surface area contributed by atoms with Gasteiger partial charge in [-0.1, -0.05) is 35.0 Å². The van der Waals surface area contributed by atoms with Crippen molar-refractivity contribution in [3.05, 3.63) is 64.3 Å². The highest BCUT2D eigenvalue weighted by Gasteiger charge is 2.31. The Morgan fingerprint density at radius 1 is 1.25 bits per heavy atom. The summed E-state index contributed by atoms with van der Waals surface area (Å²) in [5.41, 5.74) is 1.84. The quantitative estimate of drug-likeness (QED) is 0.521. The highest BCUT2D eigenvalue weighted by molar-refractivity contribution is 8.01. The molecule has 0 aliphatic heterocycles. The van der Waals surface area contributed by atoms with Gasteiger partial charge in [-0.25, -0.2) is 9.37 Å². The highest BCUT2D eigenvalue weighted by atomic mass is 35.5. The standard InChI is InChI=1S/C19H16Cl2FN3O2S/c1-19(2,17(26)27)28-18-24-9-16(11-6-14(22)8-23-7-11)25(18)10-12-5-13(20)3-4-15(12)21/h3-9H,10H2,1-2H3,(H,26,27). The van der Waals surface area contributed by atoms with Crippen LogP contribution < -0.4 is 0 Å². The monoisotopic (exact) mass is 439 g/mol. The molecule has 0 radical (unpaired) electrons. The van der Waals surface area contributed by atoms with E-state index in [0.29, 0.717) is 26.5 Å². The Labute approximate surface area is 175 Å². The molecule has 0 aliphatic rings. The van der Waals surface area contributed by atoms with Gasteiger partial charge < -0.3 is 9.67 Å². The van der Waals surface area contributed by atoms with Crippen molar-refractivity contribution in [1.82, 2.24) is 14.5 Å². The average molecular weight is 440 g/mol. The number of pyridine rings is 1. The van der Waals surface area contributed by atoms with Gasteiger partial charge in [0.25, 0.3) is 0 Å². The lowest BCUT2D eigenvalue weighted by atomic mass is 10.2. The Bertz CT molecular complexity index is 1040. The summed E-state index contributed by atoms with van der Waals surface area (Å²) in [6.07, 6.45) is 4.20. The van der Waals surface area contributed by atoms with Crippen molar-refractivity contribution in [2.45, 2.75) is 30.3 Å². The molecule has 0 fully saturated rings. The van der Waals surface area contributed by atoms with E-state index in [0.717, 1.165) is 23.5 Å². The molecule has 3 rings (SSSR count). The summed E-state index contributed by atoms with van der Waals surface area (Å²) < 4.78 is 14.4. The maximum absolute atomic E-state index is 13.7. The number of hydrogen-bond donors (Lipinski definition) is 1. The number of halogens is 3. The average Bonchev–Trinajstić information content (AvgIpc) is 3.00. The van der Waals surface area contributed by atoms with Crippen LogP contribution in [0, 0.1) is 5.82 Å². The smallest absolute Gasteiger partial charge is 0.319 e. The summed E-state index contributed by atoms with van der Waals surface area (Å²) in [5, 5.41) is 11.0. The predicted molar refractivity (Wildman–Crippen MR) is 109 cm³/mol. The van der Waals surface area contributed by atoms with Crippen molar-refractivity contribution in [3.63, 3.8) is 0 Å². The van der Waals surface area contributed by atoms with Gasteiger partial charge in [-0.2, -0.15) is 0 Å². The number of aromatic nitrogens is 3. The molecule has 1 N–H and O–H groups in total. The first-order valence-corrected chi connectivity index (χ1v) is 9.77. The Hall–Kier alpha value is -2.09. The zero-order valence-corrected chi connectivity index (χ0v) is 17.3. The Morgan fingerprint density at radius 3 is 2.68 bits per heavy atom. The highest BCUT2D eigenvalue weighted by Crippen LogP contribution is 2.36. The number of rotatable bonds is 6. The number of carbonyl (C=O) groups is 1. The van der Waals surface area contributed by atoms with E-state index >= 15 is 0 Å². The van der Waals surface area contributed by atoms with E-state index in [2.05, 4.69) is 9.97 Å². The maximum Gasteiger partial charge on any atom is 0.319 e. The molecule has 0 unspecified atom stereocenters. The summed E-state index contributed by atoms with van der Waals surface area (Å²) in [5.74, 6) is -1.45. The fraction of sp³-hybridized carbons (Fsp3) is 0.211. The summed E-state index contributed by atoms with van der Waals surface area (Å²) in [4.78, 5) is 19.8. The largest absolute Gasteiger partial charge is 0.480 e. The van der Waals surface area contributed by atoms with Gasteiger partial charge in [-0.15, -0.1) is 0 Å². The van der Waals surface area contributed by atoms with E-state index in [4.69, 9.17) is 23.2 Å². The van der Waals surface area contributed by atoms with Crippen molar-refractivity contribution < 1.29 is 14.3 Å². The minimum absolute atomic E-state index is 0.281. The Kier molecular flexibility index (Phi) is 5.98. The van der Waals surface area contributed by atoms with Crippen molar-refractivity contribution in [1.29, 1.82) is 0 Å². The number of benzene rings is 1. The number of carboxylic acid groups (broad SMARTS) is 1. The van der Waals surface area contributed by atoms with Crippen LogP contribution in [0.2, 0.25) is 10.0 Å². The topological polar surface area (TPSA) is 68.0 Å². The number of thioether (sulfide) groups is 1. The lowest BCUT2D eigenvalue weighted by Gasteiger charge is -2.20. The van der Waals surface area contributed by atoms with Crippen molar-refractivity contribution in [2.75, 3.05) is 0 Å². The van der Waals surface area contributed by atoms with Crippen LogP contribution in [0.15, 0.2) is 48.0 Å². The van der Waals surface area contributed by atoms with E-state index in [9.17, 15) is 14.3 Å². The molecule has 0 bridgehead atoms. The van der Waals surface area contributed by atoms with Gasteiger partial charge in [0.05, 0.1) is 24.6 Å². The lowest BCUT2D eigenvalue weighted by Crippen LogP contribution is -2.27. The molecule has 0 saturated carbocycles. The summed E-state index contributed by atoms with van der Waals surface area (Å²) in [6.45, 7) is 3.47. The Balaban J connectivity index is 2.11. The van der Waals surface area contributed by atoms with Crippen LogP contribution in [0.3, 0.4) is 0 Å². The maximum atomic E-state index is 13.7. The van der Waals surface area contributed by atoms with E-state index < -0.39 is 16.5 Å². The van der Waals surface area contributed by atoms with Gasteiger partial charge in [0.1, 0.15) is 10.6 Å². The molecule has 2 heterocycles.